The molecule has 0 amide bonds. The molecule has 0 unspecified atom stereocenters. The summed E-state index contributed by atoms with van der Waals surface area (Å²) in [7, 11) is 1.77. The van der Waals surface area contributed by atoms with E-state index in [1.54, 1.807) is 18.4 Å². The van der Waals surface area contributed by atoms with Crippen LogP contribution in [0.4, 0.5) is 0 Å². The lowest BCUT2D eigenvalue weighted by atomic mass is 10.2. The number of nitrogens with zero attached hydrogens (tertiary/aromatic N) is 1. The predicted molar refractivity (Wildman–Crippen MR) is 103 cm³/mol. The van der Waals surface area contributed by atoms with Gasteiger partial charge in [0.15, 0.2) is 5.96 Å². The highest BCUT2D eigenvalue weighted by atomic mass is 127. The summed E-state index contributed by atoms with van der Waals surface area (Å²) in [5.41, 5.74) is 1.06. The topological polar surface area (TPSA) is 36.4 Å². The maximum Gasteiger partial charge on any atom is 0.191 e. The van der Waals surface area contributed by atoms with E-state index in [0.29, 0.717) is 6.54 Å². The Hall–Kier alpha value is -0.790. The predicted octanol–water partition coefficient (Wildman–Crippen LogP) is 4.19. The van der Waals surface area contributed by atoms with Gasteiger partial charge in [0.2, 0.25) is 0 Å². The van der Waals surface area contributed by atoms with E-state index < -0.39 is 0 Å². The van der Waals surface area contributed by atoms with E-state index in [1.165, 1.54) is 9.75 Å². The molecule has 2 rings (SSSR count). The third-order valence-electron chi connectivity index (χ3n) is 2.85. The van der Waals surface area contributed by atoms with Crippen LogP contribution in [-0.2, 0) is 13.1 Å². The minimum absolute atomic E-state index is 0. The van der Waals surface area contributed by atoms with Crippen molar-refractivity contribution in [1.82, 2.24) is 10.6 Å². The molecule has 0 saturated heterocycles. The van der Waals surface area contributed by atoms with E-state index in [0.717, 1.165) is 23.1 Å². The van der Waals surface area contributed by atoms with Gasteiger partial charge in [0, 0.05) is 28.4 Å². The quantitative estimate of drug-likeness (QED) is 0.429. The second-order valence-electron chi connectivity index (χ2n) is 4.38. The van der Waals surface area contributed by atoms with Gasteiger partial charge in [-0.2, -0.15) is 0 Å². The highest BCUT2D eigenvalue weighted by Gasteiger charge is 2.02. The summed E-state index contributed by atoms with van der Waals surface area (Å²) in [6, 6.07) is 12.1. The molecule has 1 aromatic carbocycles. The molecule has 0 aliphatic carbocycles. The number of thiophene rings is 1. The number of hydrogen-bond acceptors (Lipinski definition) is 2. The summed E-state index contributed by atoms with van der Waals surface area (Å²) in [4.78, 5) is 6.83. The standard InChI is InChI=1S/C15H18ClN3S.HI/c1-11-7-8-13(20-11)10-19-15(17-2)18-9-12-5-3-4-6-14(12)16;/h3-8H,9-10H2,1-2H3,(H2,17,18,19);1H. The number of nitrogens with one attached hydrogen (secondary N) is 2. The monoisotopic (exact) mass is 435 g/mol. The first-order valence-corrected chi connectivity index (χ1v) is 7.61. The maximum absolute atomic E-state index is 6.13. The molecule has 114 valence electrons. The van der Waals surface area contributed by atoms with Gasteiger partial charge in [-0.25, -0.2) is 0 Å². The van der Waals surface area contributed by atoms with E-state index in [4.69, 9.17) is 11.6 Å². The Morgan fingerprint density at radius 2 is 1.86 bits per heavy atom. The van der Waals surface area contributed by atoms with Crippen LogP contribution in [0.1, 0.15) is 15.3 Å². The van der Waals surface area contributed by atoms with Crippen molar-refractivity contribution in [2.24, 2.45) is 4.99 Å². The van der Waals surface area contributed by atoms with Crippen LogP contribution in [0, 0.1) is 6.92 Å². The molecule has 2 aromatic rings. The molecule has 0 radical (unpaired) electrons. The lowest BCUT2D eigenvalue weighted by molar-refractivity contribution is 0.815. The summed E-state index contributed by atoms with van der Waals surface area (Å²) < 4.78 is 0. The first kappa shape index (κ1) is 18.3. The second-order valence-corrected chi connectivity index (χ2v) is 6.16. The van der Waals surface area contributed by atoms with Crippen molar-refractivity contribution >= 4 is 52.9 Å². The summed E-state index contributed by atoms with van der Waals surface area (Å²) >= 11 is 7.92. The molecule has 0 fully saturated rings. The van der Waals surface area contributed by atoms with Gasteiger partial charge in [-0.1, -0.05) is 29.8 Å². The van der Waals surface area contributed by atoms with Crippen LogP contribution in [0.5, 0.6) is 0 Å². The van der Waals surface area contributed by atoms with Gasteiger partial charge in [0.1, 0.15) is 0 Å². The van der Waals surface area contributed by atoms with Crippen LogP contribution in [0.2, 0.25) is 5.02 Å². The fourth-order valence-corrected chi connectivity index (χ4v) is 2.82. The van der Waals surface area contributed by atoms with Gasteiger partial charge in [0.25, 0.3) is 0 Å². The molecule has 0 bridgehead atoms. The zero-order valence-corrected chi connectivity index (χ0v) is 15.9. The molecular weight excluding hydrogens is 417 g/mol. The molecule has 0 atom stereocenters. The van der Waals surface area contributed by atoms with Crippen molar-refractivity contribution in [3.05, 3.63) is 56.7 Å². The average molecular weight is 436 g/mol. The number of hydrogen-bond donors (Lipinski definition) is 2. The number of aryl methyl sites for hydroxylation is 1. The molecule has 6 heteroatoms. The van der Waals surface area contributed by atoms with Gasteiger partial charge < -0.3 is 10.6 Å². The molecule has 3 nitrogen and oxygen atoms in total. The molecule has 2 N–H and O–H groups in total. The van der Waals surface area contributed by atoms with Crippen LogP contribution >= 0.6 is 46.9 Å². The van der Waals surface area contributed by atoms with E-state index >= 15 is 0 Å². The van der Waals surface area contributed by atoms with Crippen LogP contribution in [0.15, 0.2) is 41.4 Å². The van der Waals surface area contributed by atoms with Gasteiger partial charge in [-0.05, 0) is 30.7 Å². The van der Waals surface area contributed by atoms with E-state index in [2.05, 4.69) is 34.7 Å². The highest BCUT2D eigenvalue weighted by Crippen LogP contribution is 2.15. The summed E-state index contributed by atoms with van der Waals surface area (Å²) in [5.74, 6) is 0.774. The minimum atomic E-state index is 0. The van der Waals surface area contributed by atoms with Crippen LogP contribution < -0.4 is 10.6 Å². The number of aliphatic imine (C=N–C) groups is 1. The summed E-state index contributed by atoms with van der Waals surface area (Å²) in [5, 5.41) is 7.33. The van der Waals surface area contributed by atoms with Crippen molar-refractivity contribution in [1.29, 1.82) is 0 Å². The molecule has 0 aliphatic rings. The van der Waals surface area contributed by atoms with E-state index in [-0.39, 0.29) is 24.0 Å². The number of rotatable bonds is 4. The lowest BCUT2D eigenvalue weighted by Crippen LogP contribution is -2.36. The van der Waals surface area contributed by atoms with Crippen LogP contribution in [0.25, 0.3) is 0 Å². The Morgan fingerprint density at radius 1 is 1.14 bits per heavy atom. The smallest absolute Gasteiger partial charge is 0.191 e. The summed E-state index contributed by atoms with van der Waals surface area (Å²) in [6.45, 7) is 3.54. The number of benzene rings is 1. The zero-order valence-electron chi connectivity index (χ0n) is 12.0. The number of halogens is 2. The lowest BCUT2D eigenvalue weighted by Gasteiger charge is -2.12. The Balaban J connectivity index is 0.00000220. The fraction of sp³-hybridized carbons (Fsp3) is 0.267. The van der Waals surface area contributed by atoms with Crippen molar-refractivity contribution in [2.45, 2.75) is 20.0 Å². The Bertz CT molecular complexity index is 598. The molecule has 21 heavy (non-hydrogen) atoms. The molecular formula is C15H19ClIN3S. The minimum Gasteiger partial charge on any atom is -0.352 e. The van der Waals surface area contributed by atoms with Crippen LogP contribution in [0.3, 0.4) is 0 Å². The summed E-state index contributed by atoms with van der Waals surface area (Å²) in [6.07, 6.45) is 0. The van der Waals surface area contributed by atoms with Gasteiger partial charge in [0.05, 0.1) is 6.54 Å². The van der Waals surface area contributed by atoms with Crippen molar-refractivity contribution in [2.75, 3.05) is 7.05 Å². The normalized spacial score (nSPS) is 10.9. The van der Waals surface area contributed by atoms with Crippen molar-refractivity contribution < 1.29 is 0 Å². The fourth-order valence-electron chi connectivity index (χ4n) is 1.79. The Morgan fingerprint density at radius 3 is 2.48 bits per heavy atom. The highest BCUT2D eigenvalue weighted by molar-refractivity contribution is 14.0. The molecule has 1 aromatic heterocycles. The average Bonchev–Trinajstić information content (AvgIpc) is 2.86. The third kappa shape index (κ3) is 5.84. The first-order chi connectivity index (χ1) is 9.69. The largest absolute Gasteiger partial charge is 0.352 e. The Labute approximate surface area is 151 Å². The maximum atomic E-state index is 6.13. The molecule has 0 aliphatic heterocycles. The zero-order chi connectivity index (χ0) is 14.4. The first-order valence-electron chi connectivity index (χ1n) is 6.42. The number of guanidine groups is 1. The van der Waals surface area contributed by atoms with E-state index in [1.807, 2.05) is 24.3 Å². The van der Waals surface area contributed by atoms with Gasteiger partial charge in [-0.3, -0.25) is 4.99 Å². The van der Waals surface area contributed by atoms with Crippen molar-refractivity contribution in [3.63, 3.8) is 0 Å². The van der Waals surface area contributed by atoms with Crippen molar-refractivity contribution in [3.8, 4) is 0 Å². The third-order valence-corrected chi connectivity index (χ3v) is 4.22. The molecule has 0 saturated carbocycles. The van der Waals surface area contributed by atoms with E-state index in [9.17, 15) is 0 Å². The SMILES string of the molecule is CN=C(NCc1ccc(C)s1)NCc1ccccc1Cl.I. The molecule has 0 spiro atoms. The van der Waals surface area contributed by atoms with Crippen LogP contribution in [-0.4, -0.2) is 13.0 Å². The second kappa shape index (κ2) is 9.27. The Kier molecular flexibility index (Phi) is 8.06. The molecule has 1 heterocycles. The van der Waals surface area contributed by atoms with Gasteiger partial charge in [-0.15, -0.1) is 35.3 Å². The van der Waals surface area contributed by atoms with Gasteiger partial charge >= 0.3 is 0 Å².